The molecule has 0 unspecified atom stereocenters. The highest BCUT2D eigenvalue weighted by Gasteiger charge is 2.31. The molecule has 1 heterocycles. The minimum Gasteiger partial charge on any atom is -0.278 e. The van der Waals surface area contributed by atoms with Gasteiger partial charge in [0.05, 0.1) is 11.4 Å². The standard InChI is InChI=1S/C53H45BN4/c1-34-30-36(3)49(37(4)31-34)54(50-38(5)32-35(2)33-39(50)6)46-28-29-48(45-26-16-15-25-44(45)46)58(47-27-17-23-40-18-13-14-24-43(40)47)53-56-51(41-19-9-7-10-20-41)55-52(57-53)42-21-11-8-12-22-42/h7-33H,1-6H3. The maximum Gasteiger partial charge on any atom is 0.243 e. The molecule has 0 aliphatic carbocycles. The summed E-state index contributed by atoms with van der Waals surface area (Å²) in [4.78, 5) is 17.9. The Labute approximate surface area is 342 Å². The van der Waals surface area contributed by atoms with E-state index in [0.717, 1.165) is 38.7 Å². The SMILES string of the molecule is Cc1cc(C)c(B(c2c(C)cc(C)cc2C)c2ccc(N(c3nc(-c4ccccc4)nc(-c4ccccc4)n3)c3cccc4ccccc34)c3ccccc23)c(C)c1. The summed E-state index contributed by atoms with van der Waals surface area (Å²) in [5.74, 6) is 1.78. The third-order valence-electron chi connectivity index (χ3n) is 11.4. The fraction of sp³-hybridized carbons (Fsp3) is 0.113. The molecule has 0 radical (unpaired) electrons. The van der Waals surface area contributed by atoms with E-state index in [2.05, 4.69) is 174 Å². The molecule has 8 aromatic carbocycles. The molecule has 5 heteroatoms. The number of anilines is 3. The Bertz CT molecular complexity index is 2810. The van der Waals surface area contributed by atoms with Crippen LogP contribution in [-0.4, -0.2) is 21.7 Å². The van der Waals surface area contributed by atoms with Crippen molar-refractivity contribution in [1.82, 2.24) is 15.0 Å². The number of fused-ring (bicyclic) bond motifs is 2. The molecular formula is C53H45BN4. The summed E-state index contributed by atoms with van der Waals surface area (Å²) < 4.78 is 0. The summed E-state index contributed by atoms with van der Waals surface area (Å²) in [6, 6.07) is 58.3. The van der Waals surface area contributed by atoms with Crippen LogP contribution in [0.15, 0.2) is 164 Å². The number of nitrogens with zero attached hydrogens (tertiary/aromatic N) is 4. The van der Waals surface area contributed by atoms with E-state index in [1.165, 1.54) is 55.2 Å². The molecule has 0 N–H and O–H groups in total. The Morgan fingerprint density at radius 2 is 0.845 bits per heavy atom. The van der Waals surface area contributed by atoms with Crippen LogP contribution in [-0.2, 0) is 0 Å². The van der Waals surface area contributed by atoms with E-state index in [1.807, 2.05) is 36.4 Å². The number of aromatic nitrogens is 3. The Hall–Kier alpha value is -6.85. The third kappa shape index (κ3) is 6.73. The maximum atomic E-state index is 5.32. The monoisotopic (exact) mass is 748 g/mol. The lowest BCUT2D eigenvalue weighted by Crippen LogP contribution is -2.56. The van der Waals surface area contributed by atoms with Gasteiger partial charge in [-0.05, 0) is 64.4 Å². The molecule has 0 saturated heterocycles. The summed E-state index contributed by atoms with van der Waals surface area (Å²) in [6.45, 7) is 13.5. The molecule has 0 aliphatic rings. The molecule has 9 aromatic rings. The first kappa shape index (κ1) is 36.8. The zero-order valence-corrected chi connectivity index (χ0v) is 34.0. The largest absolute Gasteiger partial charge is 0.278 e. The Balaban J connectivity index is 1.36. The highest BCUT2D eigenvalue weighted by molar-refractivity contribution is 6.98. The van der Waals surface area contributed by atoms with Crippen LogP contribution in [0.3, 0.4) is 0 Å². The summed E-state index contributed by atoms with van der Waals surface area (Å²) in [5.41, 5.74) is 15.6. The number of benzene rings is 8. The van der Waals surface area contributed by atoms with Crippen LogP contribution >= 0.6 is 0 Å². The van der Waals surface area contributed by atoms with Crippen molar-refractivity contribution in [1.29, 1.82) is 0 Å². The topological polar surface area (TPSA) is 41.9 Å². The van der Waals surface area contributed by atoms with Gasteiger partial charge in [0.25, 0.3) is 0 Å². The Morgan fingerprint density at radius 3 is 1.40 bits per heavy atom. The average Bonchev–Trinajstić information content (AvgIpc) is 3.23. The first-order valence-electron chi connectivity index (χ1n) is 20.1. The van der Waals surface area contributed by atoms with Gasteiger partial charge in [-0.1, -0.05) is 201 Å². The Kier molecular flexibility index (Phi) is 9.67. The Morgan fingerprint density at radius 1 is 0.397 bits per heavy atom. The second-order valence-corrected chi connectivity index (χ2v) is 15.6. The van der Waals surface area contributed by atoms with Gasteiger partial charge in [0.15, 0.2) is 11.6 Å². The molecular weight excluding hydrogens is 703 g/mol. The highest BCUT2D eigenvalue weighted by Crippen LogP contribution is 2.41. The highest BCUT2D eigenvalue weighted by atomic mass is 15.3. The van der Waals surface area contributed by atoms with Crippen LogP contribution in [0.2, 0.25) is 0 Å². The van der Waals surface area contributed by atoms with Crippen molar-refractivity contribution in [3.05, 3.63) is 197 Å². The first-order valence-corrected chi connectivity index (χ1v) is 20.1. The molecule has 9 rings (SSSR count). The van der Waals surface area contributed by atoms with Crippen LogP contribution in [0.5, 0.6) is 0 Å². The van der Waals surface area contributed by atoms with Crippen molar-refractivity contribution in [2.75, 3.05) is 4.90 Å². The smallest absolute Gasteiger partial charge is 0.243 e. The van der Waals surface area contributed by atoms with Crippen molar-refractivity contribution < 1.29 is 0 Å². The van der Waals surface area contributed by atoms with Gasteiger partial charge in [-0.25, -0.2) is 4.98 Å². The number of hydrogen-bond acceptors (Lipinski definition) is 4. The van der Waals surface area contributed by atoms with Gasteiger partial charge >= 0.3 is 0 Å². The second kappa shape index (κ2) is 15.2. The van der Waals surface area contributed by atoms with E-state index in [-0.39, 0.29) is 6.71 Å². The predicted octanol–water partition coefficient (Wildman–Crippen LogP) is 11.3. The van der Waals surface area contributed by atoms with Gasteiger partial charge in [0.2, 0.25) is 12.7 Å². The van der Waals surface area contributed by atoms with Crippen molar-refractivity contribution in [2.45, 2.75) is 41.5 Å². The first-order chi connectivity index (χ1) is 28.2. The summed E-state index contributed by atoms with van der Waals surface area (Å²) in [7, 11) is 0. The summed E-state index contributed by atoms with van der Waals surface area (Å²) in [5, 5.41) is 4.55. The van der Waals surface area contributed by atoms with Crippen molar-refractivity contribution in [3.8, 4) is 22.8 Å². The molecule has 4 nitrogen and oxygen atoms in total. The molecule has 0 spiro atoms. The van der Waals surface area contributed by atoms with E-state index in [1.54, 1.807) is 0 Å². The van der Waals surface area contributed by atoms with Crippen LogP contribution in [0.1, 0.15) is 33.4 Å². The minimum absolute atomic E-state index is 0.0118. The van der Waals surface area contributed by atoms with E-state index in [9.17, 15) is 0 Å². The molecule has 58 heavy (non-hydrogen) atoms. The van der Waals surface area contributed by atoms with Gasteiger partial charge in [-0.15, -0.1) is 0 Å². The molecule has 0 aliphatic heterocycles. The quantitative estimate of drug-likeness (QED) is 0.145. The van der Waals surface area contributed by atoms with Crippen LogP contribution in [0.25, 0.3) is 44.3 Å². The molecule has 0 atom stereocenters. The lowest BCUT2D eigenvalue weighted by molar-refractivity contribution is 1.03. The zero-order valence-electron chi connectivity index (χ0n) is 34.0. The molecule has 280 valence electrons. The van der Waals surface area contributed by atoms with E-state index in [0.29, 0.717) is 17.6 Å². The van der Waals surface area contributed by atoms with Gasteiger partial charge < -0.3 is 0 Å². The van der Waals surface area contributed by atoms with Crippen LogP contribution in [0.4, 0.5) is 17.3 Å². The van der Waals surface area contributed by atoms with Crippen LogP contribution < -0.4 is 21.3 Å². The van der Waals surface area contributed by atoms with Gasteiger partial charge in [-0.3, -0.25) is 4.90 Å². The van der Waals surface area contributed by atoms with E-state index >= 15 is 0 Å². The number of hydrogen-bond donors (Lipinski definition) is 0. The van der Waals surface area contributed by atoms with E-state index in [4.69, 9.17) is 15.0 Å². The number of aryl methyl sites for hydroxylation is 6. The molecule has 0 amide bonds. The van der Waals surface area contributed by atoms with Crippen molar-refractivity contribution in [3.63, 3.8) is 0 Å². The maximum absolute atomic E-state index is 5.32. The number of rotatable bonds is 8. The van der Waals surface area contributed by atoms with Crippen molar-refractivity contribution in [2.24, 2.45) is 0 Å². The normalized spacial score (nSPS) is 11.3. The fourth-order valence-electron chi connectivity index (χ4n) is 9.15. The minimum atomic E-state index is 0.0118. The lowest BCUT2D eigenvalue weighted by atomic mass is 9.33. The summed E-state index contributed by atoms with van der Waals surface area (Å²) in [6.07, 6.45) is 0. The summed E-state index contributed by atoms with van der Waals surface area (Å²) >= 11 is 0. The fourth-order valence-corrected chi connectivity index (χ4v) is 9.15. The average molecular weight is 749 g/mol. The zero-order chi connectivity index (χ0) is 39.9. The van der Waals surface area contributed by atoms with Crippen LogP contribution in [0, 0.1) is 41.5 Å². The lowest BCUT2D eigenvalue weighted by Gasteiger charge is -2.29. The predicted molar refractivity (Wildman–Crippen MR) is 246 cm³/mol. The van der Waals surface area contributed by atoms with Gasteiger partial charge in [0.1, 0.15) is 0 Å². The van der Waals surface area contributed by atoms with E-state index < -0.39 is 0 Å². The molecule has 1 aromatic heterocycles. The molecule has 0 fully saturated rings. The van der Waals surface area contributed by atoms with Gasteiger partial charge in [-0.2, -0.15) is 9.97 Å². The molecule has 0 saturated carbocycles. The second-order valence-electron chi connectivity index (χ2n) is 15.6. The third-order valence-corrected chi connectivity index (χ3v) is 11.4. The van der Waals surface area contributed by atoms with Crippen molar-refractivity contribution >= 4 is 62.0 Å². The van der Waals surface area contributed by atoms with Gasteiger partial charge in [0, 0.05) is 21.9 Å². The molecule has 0 bridgehead atoms.